The summed E-state index contributed by atoms with van der Waals surface area (Å²) in [6, 6.07) is 23.4. The van der Waals surface area contributed by atoms with Crippen LogP contribution in [0.4, 0.5) is 0 Å². The van der Waals surface area contributed by atoms with Crippen molar-refractivity contribution in [1.29, 1.82) is 0 Å². The normalized spacial score (nSPS) is 11.0. The van der Waals surface area contributed by atoms with Crippen molar-refractivity contribution >= 4 is 22.7 Å². The van der Waals surface area contributed by atoms with Crippen molar-refractivity contribution in [3.05, 3.63) is 94.3 Å². The van der Waals surface area contributed by atoms with Crippen molar-refractivity contribution in [3.8, 4) is 11.4 Å². The van der Waals surface area contributed by atoms with E-state index in [1.807, 2.05) is 66.7 Å². The summed E-state index contributed by atoms with van der Waals surface area (Å²) in [6.45, 7) is 4.73. The summed E-state index contributed by atoms with van der Waals surface area (Å²) in [7, 11) is 0. The second-order valence-electron chi connectivity index (χ2n) is 7.13. The van der Waals surface area contributed by atoms with Gasteiger partial charge in [0, 0.05) is 5.75 Å². The summed E-state index contributed by atoms with van der Waals surface area (Å²) < 4.78 is 7.54. The number of benzene rings is 3. The first-order chi connectivity index (χ1) is 14.6. The molecular formula is C25H24N2O2S. The number of hydrogen-bond donors (Lipinski definition) is 0. The number of nitrogens with zero attached hydrogens (tertiary/aromatic N) is 2. The Balaban J connectivity index is 1.61. The Kier molecular flexibility index (Phi) is 6.19. The van der Waals surface area contributed by atoms with E-state index in [-0.39, 0.29) is 5.56 Å². The fourth-order valence-corrected chi connectivity index (χ4v) is 4.25. The van der Waals surface area contributed by atoms with Gasteiger partial charge in [0.2, 0.25) is 0 Å². The summed E-state index contributed by atoms with van der Waals surface area (Å²) in [5.74, 6) is 1.68. The Bertz CT molecular complexity index is 1220. The fourth-order valence-electron chi connectivity index (χ4n) is 3.33. The molecule has 152 valence electrons. The standard InChI is InChI=1S/C25H24N2O2S/c1-18-10-8-15-23(19(18)2)27-24(28)21-13-6-7-14-22(21)26-25(27)30-17-9-16-29-20-11-4-3-5-12-20/h3-8,10-15H,9,16-17H2,1-2H3. The Morgan fingerprint density at radius 2 is 1.70 bits per heavy atom. The van der Waals surface area contributed by atoms with E-state index in [4.69, 9.17) is 9.72 Å². The third-order valence-electron chi connectivity index (χ3n) is 5.09. The number of fused-ring (bicyclic) bond motifs is 1. The number of aromatic nitrogens is 2. The van der Waals surface area contributed by atoms with Gasteiger partial charge in [-0.25, -0.2) is 4.98 Å². The molecule has 0 aliphatic rings. The molecule has 0 saturated carbocycles. The molecule has 0 radical (unpaired) electrons. The van der Waals surface area contributed by atoms with Crippen LogP contribution in [-0.4, -0.2) is 21.9 Å². The van der Waals surface area contributed by atoms with Crippen LogP contribution in [0, 0.1) is 13.8 Å². The zero-order chi connectivity index (χ0) is 20.9. The van der Waals surface area contributed by atoms with Gasteiger partial charge >= 0.3 is 0 Å². The molecule has 1 heterocycles. The smallest absolute Gasteiger partial charge is 0.266 e. The van der Waals surface area contributed by atoms with E-state index >= 15 is 0 Å². The number of hydrogen-bond acceptors (Lipinski definition) is 4. The SMILES string of the molecule is Cc1cccc(-n2c(SCCCOc3ccccc3)nc3ccccc3c2=O)c1C. The lowest BCUT2D eigenvalue weighted by Crippen LogP contribution is -2.22. The van der Waals surface area contributed by atoms with Crippen LogP contribution in [0.5, 0.6) is 5.75 Å². The second kappa shape index (κ2) is 9.18. The predicted octanol–water partition coefficient (Wildman–Crippen LogP) is 5.56. The molecule has 0 amide bonds. The lowest BCUT2D eigenvalue weighted by atomic mass is 10.1. The molecule has 4 rings (SSSR count). The number of rotatable bonds is 7. The van der Waals surface area contributed by atoms with Crippen molar-refractivity contribution < 1.29 is 4.74 Å². The molecular weight excluding hydrogens is 392 g/mol. The van der Waals surface area contributed by atoms with Gasteiger partial charge < -0.3 is 4.74 Å². The summed E-state index contributed by atoms with van der Waals surface area (Å²) >= 11 is 1.59. The summed E-state index contributed by atoms with van der Waals surface area (Å²) in [5.41, 5.74) is 3.83. The highest BCUT2D eigenvalue weighted by molar-refractivity contribution is 7.99. The molecule has 0 aliphatic carbocycles. The number of aryl methyl sites for hydroxylation is 1. The number of para-hydroxylation sites is 2. The van der Waals surface area contributed by atoms with Crippen LogP contribution >= 0.6 is 11.8 Å². The fraction of sp³-hybridized carbons (Fsp3) is 0.200. The maximum atomic E-state index is 13.4. The van der Waals surface area contributed by atoms with Crippen molar-refractivity contribution in [2.45, 2.75) is 25.4 Å². The van der Waals surface area contributed by atoms with Crippen molar-refractivity contribution in [3.63, 3.8) is 0 Å². The monoisotopic (exact) mass is 416 g/mol. The van der Waals surface area contributed by atoms with Crippen LogP contribution in [0.2, 0.25) is 0 Å². The molecule has 4 aromatic rings. The minimum absolute atomic E-state index is 0.0302. The van der Waals surface area contributed by atoms with Gasteiger partial charge in [0.05, 0.1) is 23.2 Å². The minimum atomic E-state index is -0.0302. The Morgan fingerprint density at radius 3 is 2.53 bits per heavy atom. The van der Waals surface area contributed by atoms with Crippen LogP contribution in [0.25, 0.3) is 16.6 Å². The highest BCUT2D eigenvalue weighted by Crippen LogP contribution is 2.25. The Morgan fingerprint density at radius 1 is 0.933 bits per heavy atom. The van der Waals surface area contributed by atoms with Gasteiger partial charge in [0.25, 0.3) is 5.56 Å². The van der Waals surface area contributed by atoms with E-state index in [1.165, 1.54) is 0 Å². The molecule has 0 atom stereocenters. The van der Waals surface area contributed by atoms with Crippen LogP contribution in [0.3, 0.4) is 0 Å². The van der Waals surface area contributed by atoms with Gasteiger partial charge in [-0.2, -0.15) is 0 Å². The molecule has 3 aromatic carbocycles. The number of thioether (sulfide) groups is 1. The summed E-state index contributed by atoms with van der Waals surface area (Å²) in [4.78, 5) is 18.2. The molecule has 0 saturated heterocycles. The molecule has 0 bridgehead atoms. The van der Waals surface area contributed by atoms with E-state index in [2.05, 4.69) is 19.9 Å². The van der Waals surface area contributed by atoms with Gasteiger partial charge in [-0.1, -0.05) is 54.2 Å². The quantitative estimate of drug-likeness (QED) is 0.225. The van der Waals surface area contributed by atoms with Crippen LogP contribution in [0.15, 0.2) is 82.7 Å². The average molecular weight is 417 g/mol. The summed E-state index contributed by atoms with van der Waals surface area (Å²) in [5, 5.41) is 1.35. The maximum absolute atomic E-state index is 13.4. The van der Waals surface area contributed by atoms with Gasteiger partial charge in [-0.3, -0.25) is 9.36 Å². The average Bonchev–Trinajstić information content (AvgIpc) is 2.77. The lowest BCUT2D eigenvalue weighted by molar-refractivity contribution is 0.318. The minimum Gasteiger partial charge on any atom is -0.494 e. The molecule has 0 spiro atoms. The topological polar surface area (TPSA) is 44.1 Å². The van der Waals surface area contributed by atoms with E-state index in [0.29, 0.717) is 17.1 Å². The third kappa shape index (κ3) is 4.26. The lowest BCUT2D eigenvalue weighted by Gasteiger charge is -2.16. The Hall–Kier alpha value is -3.05. The molecule has 1 aromatic heterocycles. The van der Waals surface area contributed by atoms with Crippen molar-refractivity contribution in [2.24, 2.45) is 0 Å². The zero-order valence-electron chi connectivity index (χ0n) is 17.2. The molecule has 0 unspecified atom stereocenters. The number of ether oxygens (including phenoxy) is 1. The van der Waals surface area contributed by atoms with Gasteiger partial charge in [0.1, 0.15) is 5.75 Å². The molecule has 0 fully saturated rings. The highest BCUT2D eigenvalue weighted by Gasteiger charge is 2.15. The molecule has 0 N–H and O–H groups in total. The van der Waals surface area contributed by atoms with Gasteiger partial charge in [-0.15, -0.1) is 0 Å². The van der Waals surface area contributed by atoms with E-state index < -0.39 is 0 Å². The third-order valence-corrected chi connectivity index (χ3v) is 6.12. The van der Waals surface area contributed by atoms with Gasteiger partial charge in [-0.05, 0) is 61.7 Å². The highest BCUT2D eigenvalue weighted by atomic mass is 32.2. The first-order valence-electron chi connectivity index (χ1n) is 10.0. The first-order valence-corrected chi connectivity index (χ1v) is 11.0. The molecule has 0 aliphatic heterocycles. The van der Waals surface area contributed by atoms with Crippen LogP contribution < -0.4 is 10.3 Å². The van der Waals surface area contributed by atoms with Crippen LogP contribution in [0.1, 0.15) is 17.5 Å². The molecule has 4 nitrogen and oxygen atoms in total. The zero-order valence-corrected chi connectivity index (χ0v) is 18.0. The first kappa shape index (κ1) is 20.2. The Labute approximate surface area is 180 Å². The van der Waals surface area contributed by atoms with E-state index in [0.717, 1.165) is 40.3 Å². The van der Waals surface area contributed by atoms with Crippen molar-refractivity contribution in [1.82, 2.24) is 9.55 Å². The van der Waals surface area contributed by atoms with Gasteiger partial charge in [0.15, 0.2) is 5.16 Å². The predicted molar refractivity (Wildman–Crippen MR) is 124 cm³/mol. The molecule has 5 heteroatoms. The van der Waals surface area contributed by atoms with Crippen molar-refractivity contribution in [2.75, 3.05) is 12.4 Å². The largest absolute Gasteiger partial charge is 0.494 e. The van der Waals surface area contributed by atoms with E-state index in [9.17, 15) is 4.79 Å². The summed E-state index contributed by atoms with van der Waals surface area (Å²) in [6.07, 6.45) is 0.856. The maximum Gasteiger partial charge on any atom is 0.266 e. The second-order valence-corrected chi connectivity index (χ2v) is 8.20. The molecule has 30 heavy (non-hydrogen) atoms. The van der Waals surface area contributed by atoms with E-state index in [1.54, 1.807) is 16.3 Å². The van der Waals surface area contributed by atoms with Crippen LogP contribution in [-0.2, 0) is 0 Å².